The van der Waals surface area contributed by atoms with E-state index in [2.05, 4.69) is 27.7 Å². The zero-order valence-electron chi connectivity index (χ0n) is 7.98. The van der Waals surface area contributed by atoms with Crippen molar-refractivity contribution in [3.05, 3.63) is 0 Å². The highest BCUT2D eigenvalue weighted by Gasteiger charge is 2.43. The van der Waals surface area contributed by atoms with Crippen molar-refractivity contribution in [2.75, 3.05) is 0 Å². The maximum Gasteiger partial charge on any atom is 0.139 e. The van der Waals surface area contributed by atoms with E-state index >= 15 is 0 Å². The van der Waals surface area contributed by atoms with Crippen LogP contribution >= 0.6 is 0 Å². The summed E-state index contributed by atoms with van der Waals surface area (Å²) in [6, 6.07) is 0. The van der Waals surface area contributed by atoms with Gasteiger partial charge in [-0.1, -0.05) is 27.7 Å². The zero-order chi connectivity index (χ0) is 8.65. The molecular weight excluding hydrogens is 136 g/mol. The molecule has 0 aromatic rings. The van der Waals surface area contributed by atoms with Gasteiger partial charge in [0.25, 0.3) is 0 Å². The molecule has 1 rings (SSSR count). The first-order valence-electron chi connectivity index (χ1n) is 4.52. The van der Waals surface area contributed by atoms with E-state index in [1.165, 1.54) is 0 Å². The summed E-state index contributed by atoms with van der Waals surface area (Å²) < 4.78 is 0. The quantitative estimate of drug-likeness (QED) is 0.567. The predicted octanol–water partition coefficient (Wildman–Crippen LogP) is 2.65. The van der Waals surface area contributed by atoms with E-state index < -0.39 is 0 Å². The maximum atomic E-state index is 11.6. The van der Waals surface area contributed by atoms with Crippen LogP contribution < -0.4 is 0 Å². The standard InChI is InChI=1S/C10H18O/c1-5-8-9(11)7(2)6-10(8,3)4/h7-8H,5-6H2,1-4H3/t7-,8-/m1/s1. The molecule has 0 heterocycles. The Morgan fingerprint density at radius 1 is 1.55 bits per heavy atom. The van der Waals surface area contributed by atoms with Crippen molar-refractivity contribution in [1.82, 2.24) is 0 Å². The van der Waals surface area contributed by atoms with Gasteiger partial charge < -0.3 is 0 Å². The second-order valence-corrected chi connectivity index (χ2v) is 4.46. The molecule has 1 heteroatoms. The molecule has 0 aromatic heterocycles. The first-order chi connectivity index (χ1) is 4.99. The van der Waals surface area contributed by atoms with E-state index in [0.29, 0.717) is 17.6 Å². The lowest BCUT2D eigenvalue weighted by Gasteiger charge is -2.23. The summed E-state index contributed by atoms with van der Waals surface area (Å²) in [7, 11) is 0. The van der Waals surface area contributed by atoms with Crippen LogP contribution in [0, 0.1) is 17.3 Å². The minimum Gasteiger partial charge on any atom is -0.299 e. The highest BCUT2D eigenvalue weighted by Crippen LogP contribution is 2.44. The molecule has 0 amide bonds. The monoisotopic (exact) mass is 154 g/mol. The number of carbonyl (C=O) groups excluding carboxylic acids is 1. The highest BCUT2D eigenvalue weighted by atomic mass is 16.1. The van der Waals surface area contributed by atoms with Crippen LogP contribution in [0.3, 0.4) is 0 Å². The van der Waals surface area contributed by atoms with Crippen molar-refractivity contribution in [3.63, 3.8) is 0 Å². The van der Waals surface area contributed by atoms with Crippen molar-refractivity contribution < 1.29 is 4.79 Å². The smallest absolute Gasteiger partial charge is 0.139 e. The number of hydrogen-bond acceptors (Lipinski definition) is 1. The van der Waals surface area contributed by atoms with E-state index in [4.69, 9.17) is 0 Å². The molecule has 0 N–H and O–H groups in total. The molecule has 0 spiro atoms. The zero-order valence-corrected chi connectivity index (χ0v) is 7.98. The van der Waals surface area contributed by atoms with Crippen molar-refractivity contribution in [2.24, 2.45) is 17.3 Å². The molecular formula is C10H18O. The van der Waals surface area contributed by atoms with Crippen LogP contribution in [0.5, 0.6) is 0 Å². The number of rotatable bonds is 1. The van der Waals surface area contributed by atoms with Gasteiger partial charge in [-0.15, -0.1) is 0 Å². The van der Waals surface area contributed by atoms with Gasteiger partial charge in [0.05, 0.1) is 0 Å². The second kappa shape index (κ2) is 2.62. The van der Waals surface area contributed by atoms with Crippen LogP contribution in [-0.4, -0.2) is 5.78 Å². The van der Waals surface area contributed by atoms with Gasteiger partial charge in [0.2, 0.25) is 0 Å². The van der Waals surface area contributed by atoms with Gasteiger partial charge in [-0.2, -0.15) is 0 Å². The van der Waals surface area contributed by atoms with Crippen LogP contribution in [0.1, 0.15) is 40.5 Å². The molecule has 1 nitrogen and oxygen atoms in total. The Labute approximate surface area is 69.2 Å². The summed E-state index contributed by atoms with van der Waals surface area (Å²) in [5, 5.41) is 0. The Hall–Kier alpha value is -0.330. The Morgan fingerprint density at radius 3 is 2.27 bits per heavy atom. The summed E-state index contributed by atoms with van der Waals surface area (Å²) >= 11 is 0. The third kappa shape index (κ3) is 1.33. The van der Waals surface area contributed by atoms with Crippen LogP contribution in [0.15, 0.2) is 0 Å². The molecule has 1 aliphatic carbocycles. The summed E-state index contributed by atoms with van der Waals surface area (Å²) in [5.41, 5.74) is 0.255. The SMILES string of the molecule is CC[C@@H]1C(=O)[C@H](C)CC1(C)C. The molecule has 0 unspecified atom stereocenters. The maximum absolute atomic E-state index is 11.6. The largest absolute Gasteiger partial charge is 0.299 e. The van der Waals surface area contributed by atoms with Crippen LogP contribution in [-0.2, 0) is 4.79 Å². The van der Waals surface area contributed by atoms with E-state index in [1.54, 1.807) is 0 Å². The van der Waals surface area contributed by atoms with Crippen molar-refractivity contribution in [2.45, 2.75) is 40.5 Å². The Balaban J connectivity index is 2.82. The number of hydrogen-bond donors (Lipinski definition) is 0. The van der Waals surface area contributed by atoms with E-state index in [-0.39, 0.29) is 5.41 Å². The number of Topliss-reactive ketones (excluding diaryl/α,β-unsaturated/α-hetero) is 1. The van der Waals surface area contributed by atoms with Gasteiger partial charge in [-0.3, -0.25) is 4.79 Å². The lowest BCUT2D eigenvalue weighted by atomic mass is 9.80. The lowest BCUT2D eigenvalue weighted by molar-refractivity contribution is -0.124. The number of carbonyl (C=O) groups is 1. The van der Waals surface area contributed by atoms with Gasteiger partial charge in [0.1, 0.15) is 5.78 Å². The molecule has 2 atom stereocenters. The summed E-state index contributed by atoms with van der Waals surface area (Å²) in [4.78, 5) is 11.6. The Morgan fingerprint density at radius 2 is 2.09 bits per heavy atom. The van der Waals surface area contributed by atoms with Crippen molar-refractivity contribution >= 4 is 5.78 Å². The first kappa shape index (κ1) is 8.76. The number of ketones is 1. The minimum absolute atomic E-state index is 0.255. The van der Waals surface area contributed by atoms with Crippen LogP contribution in [0.2, 0.25) is 0 Å². The third-order valence-corrected chi connectivity index (χ3v) is 3.01. The van der Waals surface area contributed by atoms with Gasteiger partial charge in [0, 0.05) is 11.8 Å². The molecule has 1 fully saturated rings. The molecule has 1 saturated carbocycles. The Bertz CT molecular complexity index is 170. The normalized spacial score (nSPS) is 36.2. The minimum atomic E-state index is 0.255. The molecule has 11 heavy (non-hydrogen) atoms. The summed E-state index contributed by atoms with van der Waals surface area (Å²) in [5.74, 6) is 1.10. The van der Waals surface area contributed by atoms with Gasteiger partial charge in [-0.25, -0.2) is 0 Å². The van der Waals surface area contributed by atoms with E-state index in [1.807, 2.05) is 0 Å². The van der Waals surface area contributed by atoms with E-state index in [9.17, 15) is 4.79 Å². The van der Waals surface area contributed by atoms with Gasteiger partial charge in [-0.05, 0) is 18.3 Å². The van der Waals surface area contributed by atoms with Crippen LogP contribution in [0.25, 0.3) is 0 Å². The fourth-order valence-electron chi connectivity index (χ4n) is 2.51. The molecule has 0 saturated heterocycles. The summed E-state index contributed by atoms with van der Waals surface area (Å²) in [6.45, 7) is 8.59. The van der Waals surface area contributed by atoms with Crippen LogP contribution in [0.4, 0.5) is 0 Å². The molecule has 64 valence electrons. The molecule has 0 radical (unpaired) electrons. The fraction of sp³-hybridized carbons (Fsp3) is 0.900. The van der Waals surface area contributed by atoms with E-state index in [0.717, 1.165) is 12.8 Å². The topological polar surface area (TPSA) is 17.1 Å². The van der Waals surface area contributed by atoms with Crippen molar-refractivity contribution in [3.8, 4) is 0 Å². The molecule has 0 aromatic carbocycles. The van der Waals surface area contributed by atoms with Gasteiger partial charge in [0.15, 0.2) is 0 Å². The average Bonchev–Trinajstić information content (AvgIpc) is 2.03. The summed E-state index contributed by atoms with van der Waals surface area (Å²) in [6.07, 6.45) is 2.08. The molecule has 0 aliphatic heterocycles. The highest BCUT2D eigenvalue weighted by molar-refractivity contribution is 5.86. The first-order valence-corrected chi connectivity index (χ1v) is 4.52. The predicted molar refractivity (Wildman–Crippen MR) is 46.4 cm³/mol. The fourth-order valence-corrected chi connectivity index (χ4v) is 2.51. The third-order valence-electron chi connectivity index (χ3n) is 3.01. The second-order valence-electron chi connectivity index (χ2n) is 4.46. The molecule has 1 aliphatic rings. The Kier molecular flexibility index (Phi) is 2.08. The average molecular weight is 154 g/mol. The molecule has 0 bridgehead atoms. The van der Waals surface area contributed by atoms with Crippen molar-refractivity contribution in [1.29, 1.82) is 0 Å². The van der Waals surface area contributed by atoms with Gasteiger partial charge >= 0.3 is 0 Å². The lowest BCUT2D eigenvalue weighted by Crippen LogP contribution is -2.21.